The molecule has 0 heterocycles. The van der Waals surface area contributed by atoms with Crippen LogP contribution in [0.3, 0.4) is 0 Å². The van der Waals surface area contributed by atoms with Crippen LogP contribution in [0.5, 0.6) is 0 Å². The van der Waals surface area contributed by atoms with Gasteiger partial charge in [-0.2, -0.15) is 0 Å². The first-order chi connectivity index (χ1) is 12.1. The number of halogens is 3. The average molecular weight is 436 g/mol. The maximum absolute atomic E-state index is 12.5. The number of anilines is 1. The van der Waals surface area contributed by atoms with Crippen molar-refractivity contribution in [3.8, 4) is 0 Å². The average Bonchev–Trinajstić information content (AvgIpc) is 2.56. The van der Waals surface area contributed by atoms with E-state index in [1.807, 2.05) is 0 Å². The number of amides is 1. The van der Waals surface area contributed by atoms with Crippen molar-refractivity contribution < 1.29 is 13.2 Å². The lowest BCUT2D eigenvalue weighted by atomic mass is 10.2. The maximum Gasteiger partial charge on any atom is 0.243 e. The lowest BCUT2D eigenvalue weighted by Crippen LogP contribution is -2.47. The van der Waals surface area contributed by atoms with E-state index in [2.05, 4.69) is 5.32 Å². The van der Waals surface area contributed by atoms with Gasteiger partial charge < -0.3 is 5.32 Å². The van der Waals surface area contributed by atoms with Crippen LogP contribution in [0.15, 0.2) is 42.5 Å². The summed E-state index contributed by atoms with van der Waals surface area (Å²) in [5.74, 6) is -0.471. The number of hydrogen-bond donors (Lipinski definition) is 1. The molecule has 2 aromatic rings. The highest BCUT2D eigenvalue weighted by Crippen LogP contribution is 2.32. The Hall–Kier alpha value is -1.47. The van der Waals surface area contributed by atoms with E-state index in [1.165, 1.54) is 19.1 Å². The van der Waals surface area contributed by atoms with Gasteiger partial charge in [-0.05, 0) is 42.8 Å². The van der Waals surface area contributed by atoms with Gasteiger partial charge in [-0.25, -0.2) is 8.42 Å². The van der Waals surface area contributed by atoms with E-state index < -0.39 is 22.0 Å². The molecule has 0 spiro atoms. The standard InChI is InChI=1S/C17H17Cl3N2O3S/c1-11(17(23)21-10-12-3-5-13(18)6-4-12)22(26(2,24)25)16-9-14(19)7-8-15(16)20/h3-9,11H,10H2,1-2H3,(H,21,23). The Morgan fingerprint density at radius 1 is 1.08 bits per heavy atom. The van der Waals surface area contributed by atoms with Crippen molar-refractivity contribution in [2.45, 2.75) is 19.5 Å². The Morgan fingerprint density at radius 2 is 1.65 bits per heavy atom. The van der Waals surface area contributed by atoms with Crippen LogP contribution in [0, 0.1) is 0 Å². The summed E-state index contributed by atoms with van der Waals surface area (Å²) in [4.78, 5) is 12.5. The predicted molar refractivity (Wildman–Crippen MR) is 107 cm³/mol. The molecule has 1 unspecified atom stereocenters. The van der Waals surface area contributed by atoms with Crippen LogP contribution < -0.4 is 9.62 Å². The van der Waals surface area contributed by atoms with E-state index in [9.17, 15) is 13.2 Å². The first kappa shape index (κ1) is 20.8. The van der Waals surface area contributed by atoms with Crippen molar-refractivity contribution in [1.29, 1.82) is 0 Å². The fourth-order valence-electron chi connectivity index (χ4n) is 2.37. The summed E-state index contributed by atoms with van der Waals surface area (Å²) in [7, 11) is -3.78. The number of carbonyl (C=O) groups excluding carboxylic acids is 1. The number of nitrogens with one attached hydrogen (secondary N) is 1. The summed E-state index contributed by atoms with van der Waals surface area (Å²) in [6.45, 7) is 1.72. The molecule has 0 aromatic heterocycles. The van der Waals surface area contributed by atoms with E-state index in [1.54, 1.807) is 30.3 Å². The fraction of sp³-hybridized carbons (Fsp3) is 0.235. The second kappa shape index (κ2) is 8.48. The summed E-state index contributed by atoms with van der Waals surface area (Å²) >= 11 is 17.9. The summed E-state index contributed by atoms with van der Waals surface area (Å²) in [5, 5.41) is 3.79. The van der Waals surface area contributed by atoms with E-state index in [4.69, 9.17) is 34.8 Å². The molecule has 0 saturated carbocycles. The molecule has 9 heteroatoms. The molecule has 1 atom stereocenters. The third-order valence-electron chi connectivity index (χ3n) is 3.61. The lowest BCUT2D eigenvalue weighted by Gasteiger charge is -2.29. The number of benzene rings is 2. The largest absolute Gasteiger partial charge is 0.350 e. The first-order valence-corrected chi connectivity index (χ1v) is 10.5. The van der Waals surface area contributed by atoms with Gasteiger partial charge in [0.1, 0.15) is 6.04 Å². The number of nitrogens with zero attached hydrogens (tertiary/aromatic N) is 1. The molecule has 0 aliphatic heterocycles. The SMILES string of the molecule is CC(C(=O)NCc1ccc(Cl)cc1)N(c1cc(Cl)ccc1Cl)S(C)(=O)=O. The zero-order chi connectivity index (χ0) is 19.5. The number of carbonyl (C=O) groups is 1. The van der Waals surface area contributed by atoms with Crippen LogP contribution in [0.1, 0.15) is 12.5 Å². The highest BCUT2D eigenvalue weighted by atomic mass is 35.5. The Labute approximate surface area is 167 Å². The molecule has 0 aliphatic rings. The molecule has 1 N–H and O–H groups in total. The van der Waals surface area contributed by atoms with Crippen molar-refractivity contribution >= 4 is 56.4 Å². The third kappa shape index (κ3) is 5.27. The summed E-state index contributed by atoms with van der Waals surface area (Å²) < 4.78 is 25.5. The van der Waals surface area contributed by atoms with Crippen molar-refractivity contribution in [2.24, 2.45) is 0 Å². The van der Waals surface area contributed by atoms with Gasteiger partial charge in [0.15, 0.2) is 0 Å². The summed E-state index contributed by atoms with van der Waals surface area (Å²) in [5.41, 5.74) is 0.984. The second-order valence-corrected chi connectivity index (χ2v) is 8.81. The molecule has 0 saturated heterocycles. The quantitative estimate of drug-likeness (QED) is 0.742. The van der Waals surface area contributed by atoms with E-state index in [0.717, 1.165) is 16.1 Å². The van der Waals surface area contributed by atoms with Crippen LogP contribution in [-0.2, 0) is 21.4 Å². The summed E-state index contributed by atoms with van der Waals surface area (Å²) in [6.07, 6.45) is 1.01. The van der Waals surface area contributed by atoms with Gasteiger partial charge in [0.05, 0.1) is 17.0 Å². The number of sulfonamides is 1. The van der Waals surface area contributed by atoms with Crippen molar-refractivity contribution in [1.82, 2.24) is 5.32 Å². The molecular weight excluding hydrogens is 419 g/mol. The highest BCUT2D eigenvalue weighted by Gasteiger charge is 2.30. The van der Waals surface area contributed by atoms with Crippen LogP contribution in [0.2, 0.25) is 15.1 Å². The Bertz CT molecular complexity index is 902. The van der Waals surface area contributed by atoms with E-state index in [-0.39, 0.29) is 17.3 Å². The van der Waals surface area contributed by atoms with Crippen LogP contribution in [-0.4, -0.2) is 26.6 Å². The molecule has 2 rings (SSSR count). The molecule has 0 bridgehead atoms. The molecule has 26 heavy (non-hydrogen) atoms. The molecule has 0 radical (unpaired) electrons. The maximum atomic E-state index is 12.5. The van der Waals surface area contributed by atoms with E-state index in [0.29, 0.717) is 10.0 Å². The van der Waals surface area contributed by atoms with Crippen LogP contribution >= 0.6 is 34.8 Å². The zero-order valence-corrected chi connectivity index (χ0v) is 17.1. The predicted octanol–water partition coefficient (Wildman–Crippen LogP) is 4.12. The van der Waals surface area contributed by atoms with Gasteiger partial charge in [0, 0.05) is 16.6 Å². The highest BCUT2D eigenvalue weighted by molar-refractivity contribution is 7.92. The van der Waals surface area contributed by atoms with Gasteiger partial charge >= 0.3 is 0 Å². The topological polar surface area (TPSA) is 66.5 Å². The summed E-state index contributed by atoms with van der Waals surface area (Å²) in [6, 6.07) is 10.4. The molecule has 0 aliphatic carbocycles. The van der Waals surface area contributed by atoms with Crippen molar-refractivity contribution in [3.05, 3.63) is 63.1 Å². The Morgan fingerprint density at radius 3 is 2.23 bits per heavy atom. The molecular formula is C17H17Cl3N2O3S. The van der Waals surface area contributed by atoms with Gasteiger partial charge in [-0.3, -0.25) is 9.10 Å². The Kier molecular flexibility index (Phi) is 6.80. The van der Waals surface area contributed by atoms with Gasteiger partial charge in [0.25, 0.3) is 0 Å². The normalized spacial score (nSPS) is 12.5. The van der Waals surface area contributed by atoms with Crippen LogP contribution in [0.4, 0.5) is 5.69 Å². The molecule has 2 aromatic carbocycles. The van der Waals surface area contributed by atoms with Gasteiger partial charge in [-0.15, -0.1) is 0 Å². The molecule has 140 valence electrons. The third-order valence-corrected chi connectivity index (χ3v) is 5.65. The van der Waals surface area contributed by atoms with Crippen molar-refractivity contribution in [3.63, 3.8) is 0 Å². The van der Waals surface area contributed by atoms with E-state index >= 15 is 0 Å². The van der Waals surface area contributed by atoms with Gasteiger partial charge in [0.2, 0.25) is 15.9 Å². The second-order valence-electron chi connectivity index (χ2n) is 5.67. The zero-order valence-electron chi connectivity index (χ0n) is 14.0. The number of rotatable bonds is 6. The Balaban J connectivity index is 2.23. The van der Waals surface area contributed by atoms with Gasteiger partial charge in [-0.1, -0.05) is 46.9 Å². The smallest absolute Gasteiger partial charge is 0.243 e. The first-order valence-electron chi connectivity index (χ1n) is 7.56. The molecule has 0 fully saturated rings. The lowest BCUT2D eigenvalue weighted by molar-refractivity contribution is -0.122. The van der Waals surface area contributed by atoms with Crippen molar-refractivity contribution in [2.75, 3.05) is 10.6 Å². The molecule has 5 nitrogen and oxygen atoms in total. The number of hydrogen-bond acceptors (Lipinski definition) is 3. The minimum Gasteiger partial charge on any atom is -0.350 e. The minimum absolute atomic E-state index is 0.149. The van der Waals surface area contributed by atoms with Crippen LogP contribution in [0.25, 0.3) is 0 Å². The minimum atomic E-state index is -3.78. The molecule has 1 amide bonds. The fourth-order valence-corrected chi connectivity index (χ4v) is 4.10. The monoisotopic (exact) mass is 434 g/mol.